The molecule has 42 heavy (non-hydrogen) atoms. The number of amides is 1. The van der Waals surface area contributed by atoms with Crippen LogP contribution in [-0.4, -0.2) is 108 Å². The summed E-state index contributed by atoms with van der Waals surface area (Å²) in [6.07, 6.45) is 2.59. The van der Waals surface area contributed by atoms with E-state index in [0.717, 1.165) is 50.7 Å². The number of thioether (sulfide) groups is 1. The van der Waals surface area contributed by atoms with Crippen molar-refractivity contribution in [2.75, 3.05) is 82.0 Å². The van der Waals surface area contributed by atoms with Crippen molar-refractivity contribution in [3.8, 4) is 11.8 Å². The lowest BCUT2D eigenvalue weighted by molar-refractivity contribution is -0.126. The zero-order valence-electron chi connectivity index (χ0n) is 23.3. The van der Waals surface area contributed by atoms with Gasteiger partial charge in [-0.2, -0.15) is 23.1 Å². The standard InChI is InChI=1S/C28H35F3N6O4S/c1-2-25(39)35-9-11-36(12-10-35)26-21-6-8-37(23-18-20(38)4-5-24(23)42-28(29,30)31)19-22(21)32-27(33-26)41-15-3-7-34-13-16-40-17-14-34/h2,4-5,18,38H,1,3,6-17,19H2. The first-order chi connectivity index (χ1) is 20.2. The molecule has 0 spiro atoms. The Hall–Kier alpha value is -3.23. The van der Waals surface area contributed by atoms with Crippen LogP contribution in [0.4, 0.5) is 24.7 Å². The summed E-state index contributed by atoms with van der Waals surface area (Å²) >= 11 is -0.200. The van der Waals surface area contributed by atoms with Crippen molar-refractivity contribution in [3.63, 3.8) is 0 Å². The van der Waals surface area contributed by atoms with Gasteiger partial charge >= 0.3 is 11.5 Å². The molecule has 1 aromatic carbocycles. The second-order valence-corrected chi connectivity index (χ2v) is 11.4. The molecule has 0 bridgehead atoms. The molecule has 0 radical (unpaired) electrons. The summed E-state index contributed by atoms with van der Waals surface area (Å²) in [4.78, 5) is 29.6. The molecule has 1 amide bonds. The molecular formula is C28H35F3N6O4S. The van der Waals surface area contributed by atoms with Gasteiger partial charge in [-0.05, 0) is 42.8 Å². The number of aromatic nitrogens is 2. The molecule has 2 fully saturated rings. The quantitative estimate of drug-likeness (QED) is 0.260. The van der Waals surface area contributed by atoms with Gasteiger partial charge in [-0.15, -0.1) is 0 Å². The van der Waals surface area contributed by atoms with E-state index in [2.05, 4.69) is 16.4 Å². The number of phenolic OH excluding ortho intramolecular Hbond substituents is 1. The Bertz CT molecular complexity index is 1270. The molecule has 2 saturated heterocycles. The fourth-order valence-electron chi connectivity index (χ4n) is 5.43. The number of halogens is 3. The minimum atomic E-state index is -4.47. The number of hydrogen-bond donors (Lipinski definition) is 1. The SMILES string of the molecule is C=CC(=O)N1CCN(c2nc(OCCCN3CCOCC3)nc3c2CCN(c2cc(O)ccc2SC(F)(F)F)C3)CC1. The summed E-state index contributed by atoms with van der Waals surface area (Å²) in [7, 11) is 0. The molecule has 0 atom stereocenters. The number of morpholine rings is 1. The number of hydrogen-bond acceptors (Lipinski definition) is 10. The van der Waals surface area contributed by atoms with E-state index in [9.17, 15) is 23.1 Å². The molecule has 3 aliphatic heterocycles. The maximum Gasteiger partial charge on any atom is 0.446 e. The number of benzene rings is 1. The minimum absolute atomic E-state index is 0.0145. The van der Waals surface area contributed by atoms with E-state index in [-0.39, 0.29) is 40.9 Å². The van der Waals surface area contributed by atoms with Crippen LogP contribution < -0.4 is 14.5 Å². The van der Waals surface area contributed by atoms with Gasteiger partial charge in [0.2, 0.25) is 5.91 Å². The number of aromatic hydroxyl groups is 1. The van der Waals surface area contributed by atoms with Crippen LogP contribution in [0, 0.1) is 0 Å². The average Bonchev–Trinajstić information content (AvgIpc) is 2.99. The largest absolute Gasteiger partial charge is 0.508 e. The third-order valence-corrected chi connectivity index (χ3v) is 8.35. The van der Waals surface area contributed by atoms with E-state index in [1.54, 1.807) is 9.80 Å². The number of carbonyl (C=O) groups is 1. The van der Waals surface area contributed by atoms with Crippen molar-refractivity contribution in [2.45, 2.75) is 29.8 Å². The van der Waals surface area contributed by atoms with Gasteiger partial charge in [-0.1, -0.05) is 6.58 Å². The van der Waals surface area contributed by atoms with Crippen LogP contribution in [0.15, 0.2) is 35.7 Å². The van der Waals surface area contributed by atoms with Crippen LogP contribution in [-0.2, 0) is 22.5 Å². The zero-order chi connectivity index (χ0) is 29.7. The van der Waals surface area contributed by atoms with Crippen molar-refractivity contribution in [2.24, 2.45) is 0 Å². The Morgan fingerprint density at radius 2 is 1.86 bits per heavy atom. The van der Waals surface area contributed by atoms with Gasteiger partial charge in [0.25, 0.3) is 0 Å². The monoisotopic (exact) mass is 608 g/mol. The predicted octanol–water partition coefficient (Wildman–Crippen LogP) is 3.29. The molecule has 10 nitrogen and oxygen atoms in total. The van der Waals surface area contributed by atoms with Crippen LogP contribution >= 0.6 is 11.8 Å². The third-order valence-electron chi connectivity index (χ3n) is 7.55. The maximum absolute atomic E-state index is 13.3. The van der Waals surface area contributed by atoms with Crippen molar-refractivity contribution >= 4 is 29.2 Å². The molecule has 5 rings (SSSR count). The summed E-state index contributed by atoms with van der Waals surface area (Å²) in [5, 5.41) is 10.1. The molecule has 4 heterocycles. The van der Waals surface area contributed by atoms with Crippen LogP contribution in [0.25, 0.3) is 0 Å². The first-order valence-electron chi connectivity index (χ1n) is 14.0. The number of piperazine rings is 1. The van der Waals surface area contributed by atoms with E-state index in [4.69, 9.17) is 19.4 Å². The van der Waals surface area contributed by atoms with Gasteiger partial charge in [0, 0.05) is 68.9 Å². The Balaban J connectivity index is 1.37. The molecule has 3 aliphatic rings. The lowest BCUT2D eigenvalue weighted by Crippen LogP contribution is -2.49. The second kappa shape index (κ2) is 13.4. The number of carbonyl (C=O) groups excluding carboxylic acids is 1. The number of phenols is 1. The van der Waals surface area contributed by atoms with Gasteiger partial charge in [0.1, 0.15) is 11.6 Å². The molecule has 0 unspecified atom stereocenters. The number of ether oxygens (including phenoxy) is 2. The van der Waals surface area contributed by atoms with Crippen LogP contribution in [0.3, 0.4) is 0 Å². The Labute approximate surface area is 247 Å². The maximum atomic E-state index is 13.3. The fraction of sp³-hybridized carbons (Fsp3) is 0.536. The number of fused-ring (bicyclic) bond motifs is 1. The zero-order valence-corrected chi connectivity index (χ0v) is 24.1. The number of alkyl halides is 3. The van der Waals surface area contributed by atoms with E-state index in [1.807, 2.05) is 0 Å². The first-order valence-corrected chi connectivity index (χ1v) is 14.8. The highest BCUT2D eigenvalue weighted by Gasteiger charge is 2.33. The summed E-state index contributed by atoms with van der Waals surface area (Å²) in [5.74, 6) is 0.509. The van der Waals surface area contributed by atoms with Crippen LogP contribution in [0.1, 0.15) is 17.7 Å². The van der Waals surface area contributed by atoms with E-state index in [1.165, 1.54) is 24.3 Å². The highest BCUT2D eigenvalue weighted by Crippen LogP contribution is 2.44. The molecule has 2 aromatic rings. The molecule has 1 N–H and O–H groups in total. The average molecular weight is 609 g/mol. The fourth-order valence-corrected chi connectivity index (χ4v) is 6.11. The van der Waals surface area contributed by atoms with Gasteiger partial charge in [-0.3, -0.25) is 9.69 Å². The lowest BCUT2D eigenvalue weighted by atomic mass is 10.0. The van der Waals surface area contributed by atoms with Gasteiger partial charge < -0.3 is 29.3 Å². The van der Waals surface area contributed by atoms with E-state index >= 15 is 0 Å². The Morgan fingerprint density at radius 1 is 1.10 bits per heavy atom. The van der Waals surface area contributed by atoms with Gasteiger partial charge in [0.15, 0.2) is 0 Å². The summed E-state index contributed by atoms with van der Waals surface area (Å²) < 4.78 is 51.3. The van der Waals surface area contributed by atoms with Crippen molar-refractivity contribution in [3.05, 3.63) is 42.1 Å². The minimum Gasteiger partial charge on any atom is -0.508 e. The molecule has 1 aromatic heterocycles. The number of anilines is 2. The van der Waals surface area contributed by atoms with Gasteiger partial charge in [-0.25, -0.2) is 0 Å². The van der Waals surface area contributed by atoms with Crippen molar-refractivity contribution in [1.82, 2.24) is 19.8 Å². The Morgan fingerprint density at radius 3 is 2.57 bits per heavy atom. The number of nitrogens with zero attached hydrogens (tertiary/aromatic N) is 6. The van der Waals surface area contributed by atoms with Crippen molar-refractivity contribution in [1.29, 1.82) is 0 Å². The smallest absolute Gasteiger partial charge is 0.446 e. The lowest BCUT2D eigenvalue weighted by Gasteiger charge is -2.38. The molecule has 0 saturated carbocycles. The highest BCUT2D eigenvalue weighted by atomic mass is 32.2. The topological polar surface area (TPSA) is 94.5 Å². The van der Waals surface area contributed by atoms with Crippen molar-refractivity contribution < 1.29 is 32.5 Å². The highest BCUT2D eigenvalue weighted by molar-refractivity contribution is 8.00. The molecule has 0 aliphatic carbocycles. The summed E-state index contributed by atoms with van der Waals surface area (Å²) in [6.45, 7) is 10.9. The van der Waals surface area contributed by atoms with Crippen LogP contribution in [0.5, 0.6) is 11.8 Å². The van der Waals surface area contributed by atoms with Crippen LogP contribution in [0.2, 0.25) is 0 Å². The molecular weight excluding hydrogens is 573 g/mol. The first kappa shape index (κ1) is 30.2. The summed E-state index contributed by atoms with van der Waals surface area (Å²) in [6, 6.07) is 4.13. The van der Waals surface area contributed by atoms with E-state index in [0.29, 0.717) is 57.1 Å². The van der Waals surface area contributed by atoms with Gasteiger partial charge in [0.05, 0.1) is 37.7 Å². The molecule has 14 heteroatoms. The third kappa shape index (κ3) is 7.58. The Kier molecular flexibility index (Phi) is 9.63. The predicted molar refractivity (Wildman–Crippen MR) is 153 cm³/mol. The van der Waals surface area contributed by atoms with E-state index < -0.39 is 5.51 Å². The summed E-state index contributed by atoms with van der Waals surface area (Å²) in [5.41, 5.74) is -2.58. The molecule has 228 valence electrons. The normalized spacial score (nSPS) is 18.1. The number of rotatable bonds is 9. The second-order valence-electron chi connectivity index (χ2n) is 10.3.